The van der Waals surface area contributed by atoms with Crippen molar-refractivity contribution in [2.75, 3.05) is 0 Å². The van der Waals surface area contributed by atoms with Crippen LogP contribution in [0, 0.1) is 0 Å². The lowest BCUT2D eigenvalue weighted by Gasteiger charge is -1.87. The van der Waals surface area contributed by atoms with Crippen molar-refractivity contribution in [3.63, 3.8) is 0 Å². The largest absolute Gasteiger partial charge is 0.478 e. The number of hydrogen-bond donors (Lipinski definition) is 1. The number of carboxylic acid groups (broad SMARTS) is 1. The van der Waals surface area contributed by atoms with Gasteiger partial charge in [0.25, 0.3) is 0 Å². The quantitative estimate of drug-likeness (QED) is 0.609. The number of aromatic carboxylic acids is 1. The van der Waals surface area contributed by atoms with Crippen molar-refractivity contribution in [2.24, 2.45) is 0 Å². The maximum absolute atomic E-state index is 10.2. The van der Waals surface area contributed by atoms with Crippen LogP contribution in [0.25, 0.3) is 0 Å². The first-order valence-corrected chi connectivity index (χ1v) is 2.44. The summed E-state index contributed by atoms with van der Waals surface area (Å²) in [6.07, 6.45) is 2.84. The molecule has 0 saturated heterocycles. The number of pyridine rings is 1. The third-order valence-electron chi connectivity index (χ3n) is 0.908. The Balaban J connectivity index is 0.000000810. The molecule has 0 bridgehead atoms. The fourth-order valence-electron chi connectivity index (χ4n) is 0.489. The second kappa shape index (κ2) is 2.26. The van der Waals surface area contributed by atoms with Gasteiger partial charge in [-0.3, -0.25) is 4.98 Å². The van der Waals surface area contributed by atoms with Crippen LogP contribution < -0.4 is 0 Å². The maximum Gasteiger partial charge on any atom is 0.337 e. The van der Waals surface area contributed by atoms with Crippen LogP contribution in [0.2, 0.25) is 0 Å². The van der Waals surface area contributed by atoms with E-state index in [1.165, 1.54) is 18.5 Å². The minimum atomic E-state index is -0.942. The summed E-state index contributed by atoms with van der Waals surface area (Å²) in [5, 5.41) is 8.34. The highest BCUT2D eigenvalue weighted by Gasteiger charge is 1.97. The van der Waals surface area contributed by atoms with Crippen LogP contribution in [0.1, 0.15) is 11.8 Å². The van der Waals surface area contributed by atoms with Gasteiger partial charge in [-0.25, -0.2) is 4.79 Å². The van der Waals surface area contributed by atoms with Crippen molar-refractivity contribution in [1.82, 2.24) is 4.98 Å². The highest BCUT2D eigenvalue weighted by atomic mass is 16.4. The minimum Gasteiger partial charge on any atom is -0.478 e. The van der Waals surface area contributed by atoms with E-state index in [4.69, 9.17) is 5.11 Å². The second-order valence-corrected chi connectivity index (χ2v) is 1.55. The molecule has 0 unspecified atom stereocenters. The molecule has 0 fully saturated rings. The van der Waals surface area contributed by atoms with Gasteiger partial charge in [0.1, 0.15) is 0 Å². The zero-order valence-electron chi connectivity index (χ0n) is 4.61. The van der Waals surface area contributed by atoms with Crippen molar-refractivity contribution in [3.05, 3.63) is 30.1 Å². The SMILES string of the molecule is O=C(O)c1cccnc1.[HH]. The van der Waals surface area contributed by atoms with E-state index in [1.807, 2.05) is 0 Å². The van der Waals surface area contributed by atoms with Gasteiger partial charge in [0.05, 0.1) is 5.56 Å². The van der Waals surface area contributed by atoms with E-state index < -0.39 is 5.97 Å². The van der Waals surface area contributed by atoms with E-state index in [-0.39, 0.29) is 6.99 Å². The van der Waals surface area contributed by atoms with Crippen LogP contribution in [0.4, 0.5) is 0 Å². The number of carbonyl (C=O) groups is 1. The monoisotopic (exact) mass is 125 g/mol. The van der Waals surface area contributed by atoms with Gasteiger partial charge in [-0.05, 0) is 12.1 Å². The van der Waals surface area contributed by atoms with Crippen molar-refractivity contribution in [3.8, 4) is 0 Å². The normalized spacial score (nSPS) is 8.89. The summed E-state index contributed by atoms with van der Waals surface area (Å²) in [5.74, 6) is -0.942. The van der Waals surface area contributed by atoms with Gasteiger partial charge >= 0.3 is 5.97 Å². The predicted molar refractivity (Wildman–Crippen MR) is 33.3 cm³/mol. The van der Waals surface area contributed by atoms with Gasteiger partial charge in [-0.1, -0.05) is 0 Å². The molecular formula is C6H7NO2. The molecule has 1 aromatic rings. The van der Waals surface area contributed by atoms with E-state index in [0.29, 0.717) is 0 Å². The first-order valence-electron chi connectivity index (χ1n) is 2.44. The summed E-state index contributed by atoms with van der Waals surface area (Å²) in [7, 11) is 0. The molecule has 3 nitrogen and oxygen atoms in total. The molecule has 0 aliphatic heterocycles. The molecule has 1 N–H and O–H groups in total. The van der Waals surface area contributed by atoms with E-state index in [1.54, 1.807) is 6.07 Å². The summed E-state index contributed by atoms with van der Waals surface area (Å²) in [6.45, 7) is 0. The van der Waals surface area contributed by atoms with Gasteiger partial charge in [-0.2, -0.15) is 0 Å². The molecule has 0 spiro atoms. The van der Waals surface area contributed by atoms with Gasteiger partial charge in [0, 0.05) is 13.8 Å². The van der Waals surface area contributed by atoms with Gasteiger partial charge in [0.15, 0.2) is 0 Å². The van der Waals surface area contributed by atoms with Crippen LogP contribution in [0.3, 0.4) is 0 Å². The summed E-state index contributed by atoms with van der Waals surface area (Å²) in [5.41, 5.74) is 0.220. The zero-order chi connectivity index (χ0) is 6.69. The van der Waals surface area contributed by atoms with Crippen LogP contribution in [-0.4, -0.2) is 16.1 Å². The Morgan fingerprint density at radius 3 is 2.89 bits per heavy atom. The van der Waals surface area contributed by atoms with E-state index >= 15 is 0 Å². The molecule has 3 heteroatoms. The minimum absolute atomic E-state index is 0. The first kappa shape index (κ1) is 5.75. The molecule has 0 atom stereocenters. The van der Waals surface area contributed by atoms with E-state index in [9.17, 15) is 4.79 Å². The lowest BCUT2D eigenvalue weighted by Crippen LogP contribution is -1.94. The summed E-state index contributed by atoms with van der Waals surface area (Å²) in [4.78, 5) is 13.8. The molecule has 0 saturated carbocycles. The van der Waals surface area contributed by atoms with Crippen molar-refractivity contribution >= 4 is 5.97 Å². The third kappa shape index (κ3) is 1.25. The number of rotatable bonds is 1. The van der Waals surface area contributed by atoms with Crippen LogP contribution in [0.15, 0.2) is 24.5 Å². The number of nitrogens with zero attached hydrogens (tertiary/aromatic N) is 1. The zero-order valence-corrected chi connectivity index (χ0v) is 4.61. The standard InChI is InChI=1S/C6H5NO2.H2/c8-6(9)5-2-1-3-7-4-5;/h1-4H,(H,8,9);1H. The first-order chi connectivity index (χ1) is 4.30. The van der Waals surface area contributed by atoms with Gasteiger partial charge in [-0.15, -0.1) is 0 Å². The Hall–Kier alpha value is -1.38. The summed E-state index contributed by atoms with van der Waals surface area (Å²) in [6, 6.07) is 3.08. The Bertz CT molecular complexity index is 212. The Kier molecular flexibility index (Phi) is 1.44. The smallest absolute Gasteiger partial charge is 0.337 e. The summed E-state index contributed by atoms with van der Waals surface area (Å²) < 4.78 is 0. The van der Waals surface area contributed by atoms with Gasteiger partial charge < -0.3 is 5.11 Å². The molecule has 0 aliphatic rings. The number of aromatic nitrogens is 1. The van der Waals surface area contributed by atoms with Crippen LogP contribution >= 0.6 is 0 Å². The lowest BCUT2D eigenvalue weighted by atomic mass is 10.3. The highest BCUT2D eigenvalue weighted by molar-refractivity contribution is 5.86. The van der Waals surface area contributed by atoms with Crippen molar-refractivity contribution < 1.29 is 11.3 Å². The molecule has 0 amide bonds. The second-order valence-electron chi connectivity index (χ2n) is 1.55. The van der Waals surface area contributed by atoms with Crippen LogP contribution in [0.5, 0.6) is 0 Å². The molecule has 9 heavy (non-hydrogen) atoms. The van der Waals surface area contributed by atoms with E-state index in [2.05, 4.69) is 4.98 Å². The lowest BCUT2D eigenvalue weighted by molar-refractivity contribution is 0.0696. The average molecular weight is 125 g/mol. The molecule has 0 aromatic carbocycles. The molecule has 0 radical (unpaired) electrons. The maximum atomic E-state index is 10.2. The Labute approximate surface area is 53.5 Å². The molecule has 1 aromatic heterocycles. The van der Waals surface area contributed by atoms with E-state index in [0.717, 1.165) is 0 Å². The third-order valence-corrected chi connectivity index (χ3v) is 0.908. The highest BCUT2D eigenvalue weighted by Crippen LogP contribution is 1.92. The molecular weight excluding hydrogens is 118 g/mol. The molecule has 0 aliphatic carbocycles. The fraction of sp³-hybridized carbons (Fsp3) is 0. The Morgan fingerprint density at radius 2 is 2.56 bits per heavy atom. The van der Waals surface area contributed by atoms with Crippen LogP contribution in [-0.2, 0) is 0 Å². The fourth-order valence-corrected chi connectivity index (χ4v) is 0.489. The average Bonchev–Trinajstić information content (AvgIpc) is 1.90. The predicted octanol–water partition coefficient (Wildman–Crippen LogP) is 1.03. The van der Waals surface area contributed by atoms with Crippen molar-refractivity contribution in [1.29, 1.82) is 0 Å². The van der Waals surface area contributed by atoms with Crippen molar-refractivity contribution in [2.45, 2.75) is 0 Å². The number of carboxylic acids is 1. The number of hydrogen-bond acceptors (Lipinski definition) is 2. The topological polar surface area (TPSA) is 50.2 Å². The molecule has 48 valence electrons. The molecule has 1 heterocycles. The van der Waals surface area contributed by atoms with Gasteiger partial charge in [0.2, 0.25) is 0 Å². The molecule has 1 rings (SSSR count). The summed E-state index contributed by atoms with van der Waals surface area (Å²) >= 11 is 0. The Morgan fingerprint density at radius 1 is 1.78 bits per heavy atom.